The lowest BCUT2D eigenvalue weighted by Gasteiger charge is -2.30. The van der Waals surface area contributed by atoms with Crippen LogP contribution in [0.1, 0.15) is 50.5 Å². The molecule has 1 aromatic rings. The molecule has 0 bridgehead atoms. The second-order valence-corrected chi connectivity index (χ2v) is 6.41. The maximum absolute atomic E-state index is 13.1. The molecule has 2 rings (SSSR count). The number of carbonyl (C=O) groups is 1. The molecule has 1 fully saturated rings. The van der Waals surface area contributed by atoms with Gasteiger partial charge < -0.3 is 11.1 Å². The van der Waals surface area contributed by atoms with E-state index in [2.05, 4.69) is 5.32 Å². The third kappa shape index (κ3) is 6.36. The number of halogens is 3. The maximum Gasteiger partial charge on any atom is 0.220 e. The first-order valence-electron chi connectivity index (χ1n) is 8.53. The van der Waals surface area contributed by atoms with Crippen LogP contribution in [0.2, 0.25) is 0 Å². The number of benzene rings is 1. The maximum atomic E-state index is 13.1. The molecular weight excluding hydrogens is 334 g/mol. The summed E-state index contributed by atoms with van der Waals surface area (Å²) in [6.45, 7) is 0.472. The lowest BCUT2D eigenvalue weighted by atomic mass is 9.84. The van der Waals surface area contributed by atoms with Crippen LogP contribution in [-0.4, -0.2) is 18.5 Å². The Bertz CT molecular complexity index is 522. The van der Waals surface area contributed by atoms with Gasteiger partial charge in [-0.2, -0.15) is 0 Å². The Hall–Kier alpha value is -1.20. The van der Waals surface area contributed by atoms with Crippen LogP contribution in [0.4, 0.5) is 8.78 Å². The summed E-state index contributed by atoms with van der Waals surface area (Å²) in [4.78, 5) is 12.1. The lowest BCUT2D eigenvalue weighted by molar-refractivity contribution is -0.122. The third-order valence-corrected chi connectivity index (χ3v) is 4.67. The molecule has 0 radical (unpaired) electrons. The Balaban J connectivity index is 0.00000288. The second-order valence-electron chi connectivity index (χ2n) is 6.41. The van der Waals surface area contributed by atoms with E-state index in [1.807, 2.05) is 0 Å². The molecule has 0 spiro atoms. The number of hydrogen-bond acceptors (Lipinski definition) is 2. The molecule has 0 heterocycles. The average molecular weight is 361 g/mol. The van der Waals surface area contributed by atoms with Gasteiger partial charge in [0.1, 0.15) is 0 Å². The van der Waals surface area contributed by atoms with Crippen LogP contribution >= 0.6 is 12.4 Å². The molecular formula is C18H27ClF2N2O. The monoisotopic (exact) mass is 360 g/mol. The van der Waals surface area contributed by atoms with Crippen molar-refractivity contribution in [1.29, 1.82) is 0 Å². The standard InChI is InChI=1S/C18H26F2N2O.ClH/c19-15-10-9-13(11-16(15)20)5-4-8-18(23)22-17(12-21)14-6-2-1-3-7-14;/h9-11,14,17H,1-8,12,21H2,(H,22,23);1H. The molecule has 24 heavy (non-hydrogen) atoms. The topological polar surface area (TPSA) is 55.1 Å². The van der Waals surface area contributed by atoms with Crippen LogP contribution in [0, 0.1) is 17.6 Å². The minimum atomic E-state index is -0.843. The first kappa shape index (κ1) is 20.8. The summed E-state index contributed by atoms with van der Waals surface area (Å²) < 4.78 is 26.0. The van der Waals surface area contributed by atoms with Crippen LogP contribution in [0.5, 0.6) is 0 Å². The van der Waals surface area contributed by atoms with Crippen molar-refractivity contribution in [3.8, 4) is 0 Å². The quantitative estimate of drug-likeness (QED) is 0.778. The van der Waals surface area contributed by atoms with Gasteiger partial charge in [-0.15, -0.1) is 12.4 Å². The molecule has 6 heteroatoms. The normalized spacial score (nSPS) is 16.3. The summed E-state index contributed by atoms with van der Waals surface area (Å²) >= 11 is 0. The molecule has 1 saturated carbocycles. The molecule has 0 saturated heterocycles. The Morgan fingerprint density at radius 1 is 1.21 bits per heavy atom. The average Bonchev–Trinajstić information content (AvgIpc) is 2.56. The minimum absolute atomic E-state index is 0. The van der Waals surface area contributed by atoms with Crippen LogP contribution in [0.15, 0.2) is 18.2 Å². The summed E-state index contributed by atoms with van der Waals surface area (Å²) in [5.41, 5.74) is 6.52. The predicted octanol–water partition coefficient (Wildman–Crippen LogP) is 3.73. The molecule has 0 aliphatic heterocycles. The fourth-order valence-corrected chi connectivity index (χ4v) is 3.33. The highest BCUT2D eigenvalue weighted by molar-refractivity contribution is 5.85. The van der Waals surface area contributed by atoms with Gasteiger partial charge in [-0.1, -0.05) is 25.3 Å². The molecule has 1 atom stereocenters. The van der Waals surface area contributed by atoms with E-state index in [1.165, 1.54) is 25.3 Å². The number of hydrogen-bond donors (Lipinski definition) is 2. The van der Waals surface area contributed by atoms with Gasteiger partial charge in [0.2, 0.25) is 5.91 Å². The summed E-state index contributed by atoms with van der Waals surface area (Å²) in [5.74, 6) is -1.20. The van der Waals surface area contributed by atoms with Gasteiger partial charge in [0.15, 0.2) is 11.6 Å². The summed E-state index contributed by atoms with van der Waals surface area (Å²) in [7, 11) is 0. The Labute approximate surface area is 148 Å². The largest absolute Gasteiger partial charge is 0.352 e. The van der Waals surface area contributed by atoms with Crippen molar-refractivity contribution < 1.29 is 13.6 Å². The zero-order chi connectivity index (χ0) is 16.7. The zero-order valence-electron chi connectivity index (χ0n) is 13.9. The van der Waals surface area contributed by atoms with Crippen molar-refractivity contribution in [2.24, 2.45) is 11.7 Å². The van der Waals surface area contributed by atoms with Gasteiger partial charge >= 0.3 is 0 Å². The van der Waals surface area contributed by atoms with Crippen LogP contribution in [0.25, 0.3) is 0 Å². The van der Waals surface area contributed by atoms with E-state index in [1.54, 1.807) is 6.07 Å². The zero-order valence-corrected chi connectivity index (χ0v) is 14.7. The molecule has 1 amide bonds. The van der Waals surface area contributed by atoms with Crippen LogP contribution < -0.4 is 11.1 Å². The smallest absolute Gasteiger partial charge is 0.220 e. The van der Waals surface area contributed by atoms with E-state index in [0.29, 0.717) is 37.3 Å². The fourth-order valence-electron chi connectivity index (χ4n) is 3.33. The first-order valence-corrected chi connectivity index (χ1v) is 8.53. The summed E-state index contributed by atoms with van der Waals surface area (Å²) in [6, 6.07) is 3.93. The fraction of sp³-hybridized carbons (Fsp3) is 0.611. The molecule has 1 aromatic carbocycles. The lowest BCUT2D eigenvalue weighted by Crippen LogP contribution is -2.45. The number of nitrogens with two attached hydrogens (primary N) is 1. The van der Waals surface area contributed by atoms with Gasteiger partial charge in [0.25, 0.3) is 0 Å². The van der Waals surface area contributed by atoms with E-state index in [4.69, 9.17) is 5.73 Å². The molecule has 136 valence electrons. The Morgan fingerprint density at radius 3 is 2.54 bits per heavy atom. The van der Waals surface area contributed by atoms with E-state index < -0.39 is 11.6 Å². The molecule has 1 aliphatic rings. The SMILES string of the molecule is Cl.NCC(NC(=O)CCCc1ccc(F)c(F)c1)C1CCCCC1. The van der Waals surface area contributed by atoms with E-state index in [-0.39, 0.29) is 24.4 Å². The van der Waals surface area contributed by atoms with Crippen LogP contribution in [-0.2, 0) is 11.2 Å². The molecule has 1 unspecified atom stereocenters. The molecule has 3 N–H and O–H groups in total. The number of aryl methyl sites for hydroxylation is 1. The molecule has 0 aromatic heterocycles. The van der Waals surface area contributed by atoms with Crippen molar-refractivity contribution in [1.82, 2.24) is 5.32 Å². The highest BCUT2D eigenvalue weighted by Gasteiger charge is 2.23. The number of carbonyl (C=O) groups excluding carboxylic acids is 1. The minimum Gasteiger partial charge on any atom is -0.352 e. The molecule has 1 aliphatic carbocycles. The third-order valence-electron chi connectivity index (χ3n) is 4.67. The van der Waals surface area contributed by atoms with E-state index >= 15 is 0 Å². The highest BCUT2D eigenvalue weighted by atomic mass is 35.5. The van der Waals surface area contributed by atoms with Crippen LogP contribution in [0.3, 0.4) is 0 Å². The van der Waals surface area contributed by atoms with Gasteiger partial charge in [0.05, 0.1) is 0 Å². The van der Waals surface area contributed by atoms with Crippen molar-refractivity contribution in [2.45, 2.75) is 57.4 Å². The number of nitrogens with one attached hydrogen (secondary N) is 1. The Kier molecular flexibility index (Phi) is 9.22. The number of rotatable bonds is 7. The van der Waals surface area contributed by atoms with Crippen molar-refractivity contribution in [3.05, 3.63) is 35.4 Å². The van der Waals surface area contributed by atoms with Crippen molar-refractivity contribution >= 4 is 18.3 Å². The van der Waals surface area contributed by atoms with E-state index in [9.17, 15) is 13.6 Å². The predicted molar refractivity (Wildman–Crippen MR) is 94.1 cm³/mol. The first-order chi connectivity index (χ1) is 11.1. The second kappa shape index (κ2) is 10.6. The highest BCUT2D eigenvalue weighted by Crippen LogP contribution is 2.26. The summed E-state index contributed by atoms with van der Waals surface area (Å²) in [5, 5.41) is 3.05. The Morgan fingerprint density at radius 2 is 1.92 bits per heavy atom. The van der Waals surface area contributed by atoms with Gasteiger partial charge in [-0.3, -0.25) is 4.79 Å². The van der Waals surface area contributed by atoms with E-state index in [0.717, 1.165) is 18.9 Å². The van der Waals surface area contributed by atoms with Gasteiger partial charge in [-0.05, 0) is 49.3 Å². The van der Waals surface area contributed by atoms with Crippen molar-refractivity contribution in [2.75, 3.05) is 6.54 Å². The van der Waals surface area contributed by atoms with Gasteiger partial charge in [0, 0.05) is 19.0 Å². The van der Waals surface area contributed by atoms with Gasteiger partial charge in [-0.25, -0.2) is 8.78 Å². The van der Waals surface area contributed by atoms with Crippen molar-refractivity contribution in [3.63, 3.8) is 0 Å². The summed E-state index contributed by atoms with van der Waals surface area (Å²) in [6.07, 6.45) is 7.52. The molecule has 3 nitrogen and oxygen atoms in total. The number of amides is 1.